The van der Waals surface area contributed by atoms with E-state index in [2.05, 4.69) is 17.1 Å². The van der Waals surface area contributed by atoms with Gasteiger partial charge in [0.15, 0.2) is 0 Å². The van der Waals surface area contributed by atoms with Gasteiger partial charge in [0.1, 0.15) is 11.5 Å². The molecule has 0 aliphatic carbocycles. The zero-order valence-electron chi connectivity index (χ0n) is 13.9. The number of nitrogens with zero attached hydrogens (tertiary/aromatic N) is 3. The van der Waals surface area contributed by atoms with Crippen LogP contribution in [0.3, 0.4) is 0 Å². The van der Waals surface area contributed by atoms with Gasteiger partial charge < -0.3 is 13.7 Å². The maximum Gasteiger partial charge on any atom is 0.221 e. The molecule has 0 bridgehead atoms. The van der Waals surface area contributed by atoms with Crippen molar-refractivity contribution in [3.05, 3.63) is 35.4 Å². The molecule has 2 aromatic rings. The molecule has 0 aromatic carbocycles. The summed E-state index contributed by atoms with van der Waals surface area (Å²) >= 11 is 0. The molecule has 2 atom stereocenters. The smallest absolute Gasteiger partial charge is 0.221 e. The third kappa shape index (κ3) is 3.46. The average molecular weight is 317 g/mol. The maximum atomic E-state index is 11.7. The van der Waals surface area contributed by atoms with E-state index in [9.17, 15) is 4.79 Å². The first kappa shape index (κ1) is 15.8. The van der Waals surface area contributed by atoms with Crippen LogP contribution in [0.4, 0.5) is 0 Å². The van der Waals surface area contributed by atoms with Gasteiger partial charge in [0.05, 0.1) is 5.92 Å². The lowest BCUT2D eigenvalue weighted by Gasteiger charge is -2.37. The predicted molar refractivity (Wildman–Crippen MR) is 84.0 cm³/mol. The fourth-order valence-electron chi connectivity index (χ4n) is 3.28. The van der Waals surface area contributed by atoms with E-state index >= 15 is 0 Å². The Morgan fingerprint density at radius 2 is 2.13 bits per heavy atom. The molecule has 0 spiro atoms. The SMILES string of the molecule is CC(=O)N1CCC[C@H](c2nnc(CCc3ccc(C)o3)o2)[C@@H]1C. The fourth-order valence-corrected chi connectivity index (χ4v) is 3.28. The monoisotopic (exact) mass is 317 g/mol. The summed E-state index contributed by atoms with van der Waals surface area (Å²) in [6.07, 6.45) is 3.36. The van der Waals surface area contributed by atoms with Gasteiger partial charge in [0.2, 0.25) is 17.7 Å². The van der Waals surface area contributed by atoms with E-state index in [0.717, 1.165) is 37.3 Å². The number of carbonyl (C=O) groups is 1. The van der Waals surface area contributed by atoms with Gasteiger partial charge in [0, 0.05) is 32.4 Å². The second-order valence-corrected chi connectivity index (χ2v) is 6.25. The molecule has 0 unspecified atom stereocenters. The van der Waals surface area contributed by atoms with Crippen molar-refractivity contribution in [2.75, 3.05) is 6.54 Å². The minimum atomic E-state index is 0.0993. The van der Waals surface area contributed by atoms with Crippen molar-refractivity contribution in [1.82, 2.24) is 15.1 Å². The van der Waals surface area contributed by atoms with Crippen LogP contribution in [0.15, 0.2) is 21.0 Å². The first-order valence-corrected chi connectivity index (χ1v) is 8.19. The van der Waals surface area contributed by atoms with Gasteiger partial charge in [-0.05, 0) is 38.8 Å². The lowest BCUT2D eigenvalue weighted by molar-refractivity contribution is -0.132. The molecule has 124 valence electrons. The molecular weight excluding hydrogens is 294 g/mol. The lowest BCUT2D eigenvalue weighted by Crippen LogP contribution is -2.44. The number of rotatable bonds is 4. The molecule has 1 saturated heterocycles. The van der Waals surface area contributed by atoms with Crippen LogP contribution in [0.5, 0.6) is 0 Å². The van der Waals surface area contributed by atoms with Crippen molar-refractivity contribution < 1.29 is 13.6 Å². The highest BCUT2D eigenvalue weighted by Crippen LogP contribution is 2.31. The molecule has 1 aliphatic rings. The summed E-state index contributed by atoms with van der Waals surface area (Å²) in [5.74, 6) is 3.34. The van der Waals surface area contributed by atoms with E-state index in [1.54, 1.807) is 6.92 Å². The molecule has 0 saturated carbocycles. The summed E-state index contributed by atoms with van der Waals surface area (Å²) in [4.78, 5) is 13.6. The predicted octanol–water partition coefficient (Wildman–Crippen LogP) is 2.87. The third-order valence-corrected chi connectivity index (χ3v) is 4.57. The molecule has 0 N–H and O–H groups in total. The minimum Gasteiger partial charge on any atom is -0.466 e. The van der Waals surface area contributed by atoms with E-state index in [-0.39, 0.29) is 17.9 Å². The summed E-state index contributed by atoms with van der Waals surface area (Å²) in [5.41, 5.74) is 0. The molecular formula is C17H23N3O3. The van der Waals surface area contributed by atoms with Gasteiger partial charge in [-0.2, -0.15) is 0 Å². The molecule has 3 rings (SSSR count). The second kappa shape index (κ2) is 6.56. The highest BCUT2D eigenvalue weighted by atomic mass is 16.4. The highest BCUT2D eigenvalue weighted by molar-refractivity contribution is 5.73. The summed E-state index contributed by atoms with van der Waals surface area (Å²) in [7, 11) is 0. The summed E-state index contributed by atoms with van der Waals surface area (Å²) in [6, 6.07) is 4.03. The standard InChI is InChI=1S/C17H23N3O3/c1-11-6-7-14(22-11)8-9-16-18-19-17(23-16)15-5-4-10-20(12(15)2)13(3)21/h6-7,12,15H,4-5,8-10H2,1-3H3/t12-,15-/m0/s1. The van der Waals surface area contributed by atoms with Crippen LogP contribution >= 0.6 is 0 Å². The number of aromatic nitrogens is 2. The van der Waals surface area contributed by atoms with Crippen molar-refractivity contribution in [3.8, 4) is 0 Å². The van der Waals surface area contributed by atoms with Crippen LogP contribution in [0, 0.1) is 6.92 Å². The molecule has 23 heavy (non-hydrogen) atoms. The van der Waals surface area contributed by atoms with Gasteiger partial charge in [-0.25, -0.2) is 0 Å². The zero-order chi connectivity index (χ0) is 16.4. The normalized spacial score (nSPS) is 21.6. The Morgan fingerprint density at radius 1 is 1.30 bits per heavy atom. The summed E-state index contributed by atoms with van der Waals surface area (Å²) in [6.45, 7) is 6.41. The fraction of sp³-hybridized carbons (Fsp3) is 0.588. The maximum absolute atomic E-state index is 11.7. The van der Waals surface area contributed by atoms with E-state index in [1.165, 1.54) is 0 Å². The van der Waals surface area contributed by atoms with Gasteiger partial charge in [-0.3, -0.25) is 4.79 Å². The number of piperidine rings is 1. The van der Waals surface area contributed by atoms with Crippen molar-refractivity contribution in [3.63, 3.8) is 0 Å². The molecule has 3 heterocycles. The number of furan rings is 1. The third-order valence-electron chi connectivity index (χ3n) is 4.57. The van der Waals surface area contributed by atoms with Crippen LogP contribution in [0.1, 0.15) is 55.9 Å². The van der Waals surface area contributed by atoms with E-state index in [0.29, 0.717) is 18.2 Å². The van der Waals surface area contributed by atoms with Crippen LogP contribution in [0.25, 0.3) is 0 Å². The second-order valence-electron chi connectivity index (χ2n) is 6.25. The number of aryl methyl sites for hydroxylation is 3. The Morgan fingerprint density at radius 3 is 2.83 bits per heavy atom. The lowest BCUT2D eigenvalue weighted by atomic mass is 9.90. The van der Waals surface area contributed by atoms with Gasteiger partial charge in [-0.15, -0.1) is 10.2 Å². The number of likely N-dealkylation sites (tertiary alicyclic amines) is 1. The summed E-state index contributed by atoms with van der Waals surface area (Å²) in [5, 5.41) is 8.37. The molecule has 6 nitrogen and oxygen atoms in total. The average Bonchev–Trinajstić information content (AvgIpc) is 3.14. The quantitative estimate of drug-likeness (QED) is 0.867. The Balaban J connectivity index is 1.65. The first-order valence-electron chi connectivity index (χ1n) is 8.19. The molecule has 1 fully saturated rings. The van der Waals surface area contributed by atoms with Gasteiger partial charge >= 0.3 is 0 Å². The van der Waals surface area contributed by atoms with Crippen molar-refractivity contribution in [2.24, 2.45) is 0 Å². The first-order chi connectivity index (χ1) is 11.0. The van der Waals surface area contributed by atoms with Crippen LogP contribution in [-0.2, 0) is 17.6 Å². The Hall–Kier alpha value is -2.11. The van der Waals surface area contributed by atoms with Crippen LogP contribution < -0.4 is 0 Å². The number of hydrogen-bond acceptors (Lipinski definition) is 5. The number of hydrogen-bond donors (Lipinski definition) is 0. The molecule has 1 aliphatic heterocycles. The van der Waals surface area contributed by atoms with E-state index in [4.69, 9.17) is 8.83 Å². The number of amides is 1. The van der Waals surface area contributed by atoms with Crippen LogP contribution in [0.2, 0.25) is 0 Å². The van der Waals surface area contributed by atoms with Crippen molar-refractivity contribution in [1.29, 1.82) is 0 Å². The van der Waals surface area contributed by atoms with Gasteiger partial charge in [0.25, 0.3) is 0 Å². The topological polar surface area (TPSA) is 72.4 Å². The zero-order valence-corrected chi connectivity index (χ0v) is 13.9. The molecule has 6 heteroatoms. The van der Waals surface area contributed by atoms with E-state index < -0.39 is 0 Å². The van der Waals surface area contributed by atoms with Crippen LogP contribution in [-0.4, -0.2) is 33.6 Å². The number of carbonyl (C=O) groups excluding carboxylic acids is 1. The largest absolute Gasteiger partial charge is 0.466 e. The Labute approximate surface area is 135 Å². The molecule has 0 radical (unpaired) electrons. The Kier molecular flexibility index (Phi) is 4.50. The minimum absolute atomic E-state index is 0.0993. The highest BCUT2D eigenvalue weighted by Gasteiger charge is 2.33. The molecule has 2 aromatic heterocycles. The molecule has 1 amide bonds. The van der Waals surface area contributed by atoms with Crippen molar-refractivity contribution >= 4 is 5.91 Å². The Bertz CT molecular complexity index is 676. The van der Waals surface area contributed by atoms with Crippen molar-refractivity contribution in [2.45, 2.75) is 58.4 Å². The van der Waals surface area contributed by atoms with E-state index in [1.807, 2.05) is 24.0 Å². The summed E-state index contributed by atoms with van der Waals surface area (Å²) < 4.78 is 11.4. The van der Waals surface area contributed by atoms with Gasteiger partial charge in [-0.1, -0.05) is 0 Å².